The summed E-state index contributed by atoms with van der Waals surface area (Å²) in [7, 11) is 0. The molecule has 120 valence electrons. The van der Waals surface area contributed by atoms with Crippen LogP contribution in [0, 0.1) is 17.1 Å². The number of furan rings is 1. The maximum Gasteiger partial charge on any atom is 0.143 e. The highest BCUT2D eigenvalue weighted by atomic mass is 19.1. The van der Waals surface area contributed by atoms with E-state index in [9.17, 15) is 4.39 Å². The quantitative estimate of drug-likeness (QED) is 0.908. The zero-order valence-electron chi connectivity index (χ0n) is 13.0. The lowest BCUT2D eigenvalue weighted by Gasteiger charge is -2.33. The second-order valence-corrected chi connectivity index (χ2v) is 5.78. The van der Waals surface area contributed by atoms with Gasteiger partial charge in [-0.1, -0.05) is 12.5 Å². The predicted molar refractivity (Wildman–Crippen MR) is 86.5 cm³/mol. The summed E-state index contributed by atoms with van der Waals surface area (Å²) < 4.78 is 19.3. The summed E-state index contributed by atoms with van der Waals surface area (Å²) in [5.41, 5.74) is 0.588. The highest BCUT2D eigenvalue weighted by molar-refractivity contribution is 5.58. The van der Waals surface area contributed by atoms with Crippen LogP contribution >= 0.6 is 0 Å². The Kier molecular flexibility index (Phi) is 4.94. The van der Waals surface area contributed by atoms with Crippen LogP contribution in [0.15, 0.2) is 41.0 Å². The van der Waals surface area contributed by atoms with Crippen LogP contribution in [0.2, 0.25) is 0 Å². The Balaban J connectivity index is 1.77. The second kappa shape index (κ2) is 7.30. The fraction of sp³-hybridized carbons (Fsp3) is 0.389. The number of nitrogens with zero attached hydrogens (tertiary/aromatic N) is 2. The third kappa shape index (κ3) is 3.54. The van der Waals surface area contributed by atoms with Crippen molar-refractivity contribution in [3.63, 3.8) is 0 Å². The molecule has 1 unspecified atom stereocenters. The Labute approximate surface area is 135 Å². The molecule has 1 aliphatic heterocycles. The van der Waals surface area contributed by atoms with Crippen LogP contribution in [-0.4, -0.2) is 24.5 Å². The number of hydrogen-bond donors (Lipinski definition) is 1. The summed E-state index contributed by atoms with van der Waals surface area (Å²) in [4.78, 5) is 2.39. The molecule has 1 aliphatic rings. The van der Waals surface area contributed by atoms with Crippen LogP contribution in [0.3, 0.4) is 0 Å². The number of rotatable bonds is 5. The van der Waals surface area contributed by atoms with Gasteiger partial charge in [-0.15, -0.1) is 0 Å². The van der Waals surface area contributed by atoms with Gasteiger partial charge in [-0.05, 0) is 50.2 Å². The van der Waals surface area contributed by atoms with Crippen LogP contribution in [0.25, 0.3) is 0 Å². The zero-order chi connectivity index (χ0) is 16.1. The first-order chi connectivity index (χ1) is 11.3. The van der Waals surface area contributed by atoms with Gasteiger partial charge in [0, 0.05) is 6.54 Å². The first-order valence-corrected chi connectivity index (χ1v) is 7.99. The first-order valence-electron chi connectivity index (χ1n) is 7.99. The molecule has 1 atom stereocenters. The minimum atomic E-state index is -0.495. The number of anilines is 1. The monoisotopic (exact) mass is 313 g/mol. The number of benzene rings is 1. The van der Waals surface area contributed by atoms with Crippen molar-refractivity contribution in [1.29, 1.82) is 5.26 Å². The largest absolute Gasteiger partial charge is 0.468 e. The topological polar surface area (TPSA) is 52.2 Å². The van der Waals surface area contributed by atoms with E-state index in [4.69, 9.17) is 9.68 Å². The summed E-state index contributed by atoms with van der Waals surface area (Å²) in [6.45, 7) is 2.63. The molecule has 1 fully saturated rings. The number of nitrogens with one attached hydrogen (secondary N) is 1. The third-order valence-electron chi connectivity index (χ3n) is 4.31. The van der Waals surface area contributed by atoms with Crippen molar-refractivity contribution in [2.45, 2.75) is 25.3 Å². The van der Waals surface area contributed by atoms with Gasteiger partial charge in [0.05, 0.1) is 18.0 Å². The van der Waals surface area contributed by atoms with E-state index >= 15 is 0 Å². The van der Waals surface area contributed by atoms with Crippen molar-refractivity contribution < 1.29 is 8.81 Å². The highest BCUT2D eigenvalue weighted by Gasteiger charge is 2.24. The standard InChI is InChI=1S/C18H20FN3O/c19-15-6-4-7-16(14(15)12-20)21-13-17(18-8-5-11-23-18)22-9-2-1-3-10-22/h4-8,11,17,21H,1-3,9-10,13H2. The predicted octanol–water partition coefficient (Wildman–Crippen LogP) is 3.93. The van der Waals surface area contributed by atoms with Crippen molar-refractivity contribution in [1.82, 2.24) is 4.90 Å². The molecule has 0 saturated carbocycles. The van der Waals surface area contributed by atoms with Gasteiger partial charge in [0.2, 0.25) is 0 Å². The number of piperidine rings is 1. The van der Waals surface area contributed by atoms with Crippen LogP contribution in [-0.2, 0) is 0 Å². The van der Waals surface area contributed by atoms with Crippen molar-refractivity contribution in [3.05, 3.63) is 53.7 Å². The Morgan fingerprint density at radius 2 is 2.04 bits per heavy atom. The molecule has 3 rings (SSSR count). The number of halogens is 1. The summed E-state index contributed by atoms with van der Waals surface area (Å²) in [6, 6.07) is 10.5. The normalized spacial score (nSPS) is 16.7. The highest BCUT2D eigenvalue weighted by Crippen LogP contribution is 2.26. The van der Waals surface area contributed by atoms with Gasteiger partial charge in [0.25, 0.3) is 0 Å². The summed E-state index contributed by atoms with van der Waals surface area (Å²) >= 11 is 0. The molecular weight excluding hydrogens is 293 g/mol. The Hall–Kier alpha value is -2.32. The van der Waals surface area contributed by atoms with Crippen LogP contribution in [0.5, 0.6) is 0 Å². The molecule has 1 aromatic heterocycles. The van der Waals surface area contributed by atoms with E-state index in [2.05, 4.69) is 10.2 Å². The van der Waals surface area contributed by atoms with E-state index in [1.54, 1.807) is 18.4 Å². The summed E-state index contributed by atoms with van der Waals surface area (Å²) in [5.74, 6) is 0.402. The molecular formula is C18H20FN3O. The van der Waals surface area contributed by atoms with Gasteiger partial charge in [0.15, 0.2) is 0 Å². The summed E-state index contributed by atoms with van der Waals surface area (Å²) in [6.07, 6.45) is 5.30. The van der Waals surface area contributed by atoms with Crippen molar-refractivity contribution >= 4 is 5.69 Å². The first kappa shape index (κ1) is 15.6. The lowest BCUT2D eigenvalue weighted by atomic mass is 10.1. The summed E-state index contributed by atoms with van der Waals surface area (Å²) in [5, 5.41) is 12.4. The minimum Gasteiger partial charge on any atom is -0.468 e. The van der Waals surface area contributed by atoms with Gasteiger partial charge in [-0.3, -0.25) is 4.90 Å². The fourth-order valence-corrected chi connectivity index (χ4v) is 3.11. The molecule has 0 bridgehead atoms. The van der Waals surface area contributed by atoms with Crippen molar-refractivity contribution in [2.75, 3.05) is 25.0 Å². The molecule has 23 heavy (non-hydrogen) atoms. The lowest BCUT2D eigenvalue weighted by Crippen LogP contribution is -2.37. The minimum absolute atomic E-state index is 0.0596. The smallest absolute Gasteiger partial charge is 0.143 e. The van der Waals surface area contributed by atoms with Crippen molar-refractivity contribution in [3.8, 4) is 6.07 Å². The number of likely N-dealkylation sites (tertiary alicyclic amines) is 1. The van der Waals surface area contributed by atoms with Gasteiger partial charge in [-0.25, -0.2) is 4.39 Å². The fourth-order valence-electron chi connectivity index (χ4n) is 3.11. The average molecular weight is 313 g/mol. The van der Waals surface area contributed by atoms with Gasteiger partial charge < -0.3 is 9.73 Å². The molecule has 1 N–H and O–H groups in total. The molecule has 1 aromatic carbocycles. The van der Waals surface area contributed by atoms with E-state index in [0.717, 1.165) is 18.8 Å². The Morgan fingerprint density at radius 1 is 1.22 bits per heavy atom. The third-order valence-corrected chi connectivity index (χ3v) is 4.31. The lowest BCUT2D eigenvalue weighted by molar-refractivity contribution is 0.153. The molecule has 0 radical (unpaired) electrons. The van der Waals surface area contributed by atoms with Gasteiger partial charge in [-0.2, -0.15) is 5.26 Å². The maximum atomic E-state index is 13.7. The number of nitriles is 1. The van der Waals surface area contributed by atoms with E-state index in [1.165, 1.54) is 25.3 Å². The zero-order valence-corrected chi connectivity index (χ0v) is 13.0. The second-order valence-electron chi connectivity index (χ2n) is 5.78. The molecule has 5 heteroatoms. The van der Waals surface area contributed by atoms with E-state index in [0.29, 0.717) is 12.2 Å². The Bertz CT molecular complexity index is 672. The molecule has 0 spiro atoms. The SMILES string of the molecule is N#Cc1c(F)cccc1NCC(c1ccco1)N1CCCCC1. The maximum absolute atomic E-state index is 13.7. The molecule has 4 nitrogen and oxygen atoms in total. The van der Waals surface area contributed by atoms with Gasteiger partial charge in [0.1, 0.15) is 23.2 Å². The van der Waals surface area contributed by atoms with Crippen LogP contribution in [0.4, 0.5) is 10.1 Å². The van der Waals surface area contributed by atoms with Gasteiger partial charge >= 0.3 is 0 Å². The van der Waals surface area contributed by atoms with Crippen LogP contribution < -0.4 is 5.32 Å². The molecule has 2 heterocycles. The molecule has 1 saturated heterocycles. The molecule has 0 aliphatic carbocycles. The average Bonchev–Trinajstić information content (AvgIpc) is 3.10. The van der Waals surface area contributed by atoms with Crippen molar-refractivity contribution in [2.24, 2.45) is 0 Å². The van der Waals surface area contributed by atoms with E-state index in [-0.39, 0.29) is 11.6 Å². The van der Waals surface area contributed by atoms with E-state index < -0.39 is 5.82 Å². The van der Waals surface area contributed by atoms with E-state index in [1.807, 2.05) is 18.2 Å². The Morgan fingerprint density at radius 3 is 2.74 bits per heavy atom. The molecule has 2 aromatic rings. The van der Waals surface area contributed by atoms with Crippen LogP contribution in [0.1, 0.15) is 36.6 Å². The number of hydrogen-bond acceptors (Lipinski definition) is 4. The molecule has 0 amide bonds.